The predicted molar refractivity (Wildman–Crippen MR) is 115 cm³/mol. The van der Waals surface area contributed by atoms with Crippen molar-refractivity contribution in [3.63, 3.8) is 0 Å². The van der Waals surface area contributed by atoms with E-state index in [4.69, 9.17) is 0 Å². The molecule has 1 unspecified atom stereocenters. The lowest BCUT2D eigenvalue weighted by Crippen LogP contribution is -2.64. The second-order valence-corrected chi connectivity index (χ2v) is 8.14. The largest absolute Gasteiger partial charge is 0.353 e. The number of rotatable bonds is 2. The zero-order chi connectivity index (χ0) is 20.8. The van der Waals surface area contributed by atoms with Crippen LogP contribution in [0.2, 0.25) is 0 Å². The third-order valence-electron chi connectivity index (χ3n) is 6.30. The van der Waals surface area contributed by atoms with Crippen LogP contribution in [0, 0.1) is 13.8 Å². The number of H-pyrrole nitrogens is 1. The average Bonchev–Trinajstić information content (AvgIpc) is 3.10. The van der Waals surface area contributed by atoms with Gasteiger partial charge in [-0.3, -0.25) is 19.6 Å². The number of carbonyl (C=O) groups excluding carboxylic acids is 2. The van der Waals surface area contributed by atoms with Gasteiger partial charge in [0.25, 0.3) is 5.91 Å². The Labute approximate surface area is 175 Å². The predicted octanol–water partition coefficient (Wildman–Crippen LogP) is 2.10. The number of hydrogen-bond donors (Lipinski definition) is 2. The Balaban J connectivity index is 1.46. The van der Waals surface area contributed by atoms with E-state index in [0.717, 1.165) is 46.4 Å². The van der Waals surface area contributed by atoms with E-state index in [-0.39, 0.29) is 17.9 Å². The zero-order valence-corrected chi connectivity index (χ0v) is 17.2. The van der Waals surface area contributed by atoms with Crippen molar-refractivity contribution in [2.24, 2.45) is 0 Å². The van der Waals surface area contributed by atoms with E-state index in [1.165, 1.54) is 0 Å². The van der Waals surface area contributed by atoms with Crippen molar-refractivity contribution >= 4 is 22.6 Å². The van der Waals surface area contributed by atoms with Crippen LogP contribution < -0.4 is 5.32 Å². The maximum atomic E-state index is 13.2. The number of nitrogens with one attached hydrogen (secondary N) is 2. The molecule has 7 heteroatoms. The zero-order valence-electron chi connectivity index (χ0n) is 17.2. The fourth-order valence-corrected chi connectivity index (χ4v) is 4.73. The van der Waals surface area contributed by atoms with Gasteiger partial charge in [-0.15, -0.1) is 0 Å². The summed E-state index contributed by atoms with van der Waals surface area (Å²) in [5.74, 6) is 0.00348. The molecule has 0 aliphatic carbocycles. The van der Waals surface area contributed by atoms with Gasteiger partial charge < -0.3 is 10.2 Å². The molecule has 2 saturated heterocycles. The fourth-order valence-electron chi connectivity index (χ4n) is 4.73. The Bertz CT molecular complexity index is 1130. The lowest BCUT2D eigenvalue weighted by Gasteiger charge is -2.43. The van der Waals surface area contributed by atoms with Gasteiger partial charge in [0.2, 0.25) is 5.91 Å². The third-order valence-corrected chi connectivity index (χ3v) is 6.30. The van der Waals surface area contributed by atoms with Crippen molar-refractivity contribution in [2.45, 2.75) is 19.9 Å². The molecule has 5 rings (SSSR count). The minimum absolute atomic E-state index is 0.0176. The molecule has 2 aliphatic heterocycles. The molecule has 0 saturated carbocycles. The van der Waals surface area contributed by atoms with Crippen LogP contribution in [0.25, 0.3) is 21.9 Å². The van der Waals surface area contributed by atoms with Gasteiger partial charge in [-0.1, -0.05) is 24.3 Å². The summed E-state index contributed by atoms with van der Waals surface area (Å²) in [6.07, 6.45) is 0. The van der Waals surface area contributed by atoms with E-state index in [1.54, 1.807) is 0 Å². The number of amides is 2. The van der Waals surface area contributed by atoms with Crippen molar-refractivity contribution < 1.29 is 9.59 Å². The molecule has 0 spiro atoms. The van der Waals surface area contributed by atoms with E-state index in [1.807, 2.05) is 49.1 Å². The van der Waals surface area contributed by atoms with Crippen LogP contribution in [-0.4, -0.2) is 70.6 Å². The Hall–Kier alpha value is -3.19. The average molecular weight is 403 g/mol. The molecular formula is C23H25N5O2. The number of aromatic nitrogens is 2. The summed E-state index contributed by atoms with van der Waals surface area (Å²) >= 11 is 0. The van der Waals surface area contributed by atoms with Crippen LogP contribution in [0.15, 0.2) is 36.4 Å². The van der Waals surface area contributed by atoms with Crippen LogP contribution in [0.5, 0.6) is 0 Å². The van der Waals surface area contributed by atoms with Crippen molar-refractivity contribution in [2.75, 3.05) is 32.7 Å². The van der Waals surface area contributed by atoms with Crippen LogP contribution >= 0.6 is 0 Å². The molecular weight excluding hydrogens is 378 g/mol. The minimum atomic E-state index is -0.240. The number of fused-ring (bicyclic) bond motifs is 2. The maximum Gasteiger partial charge on any atom is 0.253 e. The first-order valence-corrected chi connectivity index (χ1v) is 10.4. The first kappa shape index (κ1) is 18.8. The van der Waals surface area contributed by atoms with E-state index in [2.05, 4.69) is 26.5 Å². The summed E-state index contributed by atoms with van der Waals surface area (Å²) in [7, 11) is 0. The van der Waals surface area contributed by atoms with Crippen LogP contribution in [0.3, 0.4) is 0 Å². The van der Waals surface area contributed by atoms with Gasteiger partial charge in [0.15, 0.2) is 0 Å². The monoisotopic (exact) mass is 403 g/mol. The highest BCUT2D eigenvalue weighted by molar-refractivity contribution is 6.03. The molecule has 154 valence electrons. The smallest absolute Gasteiger partial charge is 0.253 e. The summed E-state index contributed by atoms with van der Waals surface area (Å²) in [6.45, 7) is 7.38. The summed E-state index contributed by atoms with van der Waals surface area (Å²) in [5.41, 5.74) is 4.87. The van der Waals surface area contributed by atoms with Crippen LogP contribution in [0.4, 0.5) is 0 Å². The molecule has 3 aromatic rings. The van der Waals surface area contributed by atoms with Crippen molar-refractivity contribution in [1.29, 1.82) is 0 Å². The van der Waals surface area contributed by atoms with Crippen molar-refractivity contribution in [1.82, 2.24) is 25.3 Å². The topological polar surface area (TPSA) is 81.3 Å². The number of piperazine rings is 2. The number of aryl methyl sites for hydroxylation is 2. The number of carbonyl (C=O) groups is 2. The number of hydrogen-bond acceptors (Lipinski definition) is 4. The number of nitrogens with zero attached hydrogens (tertiary/aromatic N) is 3. The molecule has 2 fully saturated rings. The van der Waals surface area contributed by atoms with Crippen molar-refractivity contribution in [3.05, 3.63) is 53.3 Å². The molecule has 2 N–H and O–H groups in total. The fraction of sp³-hybridized carbons (Fsp3) is 0.348. The number of aromatic amines is 1. The highest BCUT2D eigenvalue weighted by Crippen LogP contribution is 2.33. The molecule has 2 aliphatic rings. The molecule has 3 heterocycles. The van der Waals surface area contributed by atoms with Gasteiger partial charge in [0.05, 0.1) is 5.69 Å². The van der Waals surface area contributed by atoms with Crippen molar-refractivity contribution in [3.8, 4) is 11.1 Å². The quantitative estimate of drug-likeness (QED) is 0.687. The molecule has 1 atom stereocenters. The summed E-state index contributed by atoms with van der Waals surface area (Å²) in [4.78, 5) is 29.4. The summed E-state index contributed by atoms with van der Waals surface area (Å²) in [6, 6.07) is 11.8. The van der Waals surface area contributed by atoms with Crippen LogP contribution in [-0.2, 0) is 4.79 Å². The first-order chi connectivity index (χ1) is 14.5. The Morgan fingerprint density at radius 3 is 2.80 bits per heavy atom. The first-order valence-electron chi connectivity index (χ1n) is 10.4. The normalized spacial score (nSPS) is 19.6. The molecule has 2 aromatic carbocycles. The van der Waals surface area contributed by atoms with E-state index < -0.39 is 0 Å². The van der Waals surface area contributed by atoms with E-state index in [9.17, 15) is 9.59 Å². The SMILES string of the molecule is Cc1n[nH]c(C)c1-c1cccc2cc(C(=O)N3CCN4CCNC(=O)C4C3)ccc12. The molecule has 7 nitrogen and oxygen atoms in total. The lowest BCUT2D eigenvalue weighted by atomic mass is 9.95. The van der Waals surface area contributed by atoms with Gasteiger partial charge in [0.1, 0.15) is 6.04 Å². The van der Waals surface area contributed by atoms with Gasteiger partial charge in [0, 0.05) is 49.5 Å². The molecule has 30 heavy (non-hydrogen) atoms. The van der Waals surface area contributed by atoms with Gasteiger partial charge >= 0.3 is 0 Å². The van der Waals surface area contributed by atoms with Crippen LogP contribution in [0.1, 0.15) is 21.7 Å². The Kier molecular flexibility index (Phi) is 4.55. The molecule has 2 amide bonds. The summed E-state index contributed by atoms with van der Waals surface area (Å²) in [5, 5.41) is 12.4. The van der Waals surface area contributed by atoms with Gasteiger partial charge in [-0.05, 0) is 42.3 Å². The van der Waals surface area contributed by atoms with E-state index in [0.29, 0.717) is 25.2 Å². The second kappa shape index (κ2) is 7.25. The highest BCUT2D eigenvalue weighted by Gasteiger charge is 2.36. The Morgan fingerprint density at radius 1 is 1.13 bits per heavy atom. The van der Waals surface area contributed by atoms with Gasteiger partial charge in [-0.2, -0.15) is 5.10 Å². The summed E-state index contributed by atoms with van der Waals surface area (Å²) < 4.78 is 0. The lowest BCUT2D eigenvalue weighted by molar-refractivity contribution is -0.131. The van der Waals surface area contributed by atoms with E-state index >= 15 is 0 Å². The maximum absolute atomic E-state index is 13.2. The minimum Gasteiger partial charge on any atom is -0.353 e. The second-order valence-electron chi connectivity index (χ2n) is 8.14. The standard InChI is InChI=1S/C23H25N5O2/c1-14-21(15(2)26-25-14)19-5-3-4-16-12-17(6-7-18(16)19)23(30)28-11-10-27-9-8-24-22(29)20(27)13-28/h3-7,12,20H,8-11,13H2,1-2H3,(H,24,29)(H,25,26). The number of benzene rings is 2. The molecule has 0 radical (unpaired) electrons. The Morgan fingerprint density at radius 2 is 2.00 bits per heavy atom. The van der Waals surface area contributed by atoms with Gasteiger partial charge in [-0.25, -0.2) is 0 Å². The highest BCUT2D eigenvalue weighted by atomic mass is 16.2. The third kappa shape index (κ3) is 3.06. The molecule has 0 bridgehead atoms. The molecule has 1 aromatic heterocycles.